The number of nitrogens with zero attached hydrogens (tertiary/aromatic N) is 5. The average molecular weight is 410 g/mol. The lowest BCUT2D eigenvalue weighted by Crippen LogP contribution is -2.37. The van der Waals surface area contributed by atoms with Crippen molar-refractivity contribution in [2.45, 2.75) is 24.9 Å². The predicted molar refractivity (Wildman–Crippen MR) is 98.3 cm³/mol. The van der Waals surface area contributed by atoms with E-state index >= 15 is 0 Å². The minimum Gasteiger partial charge on any atom is -0.384 e. The summed E-state index contributed by atoms with van der Waals surface area (Å²) in [6, 6.07) is 0.807. The van der Waals surface area contributed by atoms with Crippen molar-refractivity contribution in [1.29, 1.82) is 0 Å². The summed E-state index contributed by atoms with van der Waals surface area (Å²) in [7, 11) is 0. The van der Waals surface area contributed by atoms with Gasteiger partial charge in [0.2, 0.25) is 5.95 Å². The van der Waals surface area contributed by atoms with Crippen LogP contribution >= 0.6 is 0 Å². The number of hydrogen-bond donors (Lipinski definition) is 1. The molecule has 0 atom stereocenters. The van der Waals surface area contributed by atoms with Crippen molar-refractivity contribution in [2.75, 3.05) is 50.2 Å². The zero-order chi connectivity index (χ0) is 20.4. The van der Waals surface area contributed by atoms with E-state index in [-0.39, 0.29) is 23.1 Å². The fraction of sp³-hybridized carbons (Fsp3) is 0.556. The molecule has 0 bridgehead atoms. The van der Waals surface area contributed by atoms with Gasteiger partial charge in [-0.05, 0) is 18.9 Å². The quantitative estimate of drug-likeness (QED) is 0.823. The van der Waals surface area contributed by atoms with Gasteiger partial charge in [-0.3, -0.25) is 0 Å². The van der Waals surface area contributed by atoms with Crippen molar-refractivity contribution >= 4 is 11.8 Å². The first-order chi connectivity index (χ1) is 13.9. The van der Waals surface area contributed by atoms with E-state index in [1.807, 2.05) is 4.90 Å². The molecule has 2 aromatic heterocycles. The minimum atomic E-state index is -4.61. The Hall–Kier alpha value is -2.53. The van der Waals surface area contributed by atoms with E-state index in [0.29, 0.717) is 64.1 Å². The summed E-state index contributed by atoms with van der Waals surface area (Å²) in [4.78, 5) is 19.1. The highest BCUT2D eigenvalue weighted by Crippen LogP contribution is 2.37. The fourth-order valence-corrected chi connectivity index (χ4v) is 3.43. The molecule has 4 heterocycles. The third-order valence-corrected chi connectivity index (χ3v) is 4.99. The van der Waals surface area contributed by atoms with Crippen molar-refractivity contribution < 1.29 is 22.6 Å². The van der Waals surface area contributed by atoms with E-state index in [9.17, 15) is 13.2 Å². The molecule has 0 saturated carbocycles. The molecule has 11 heteroatoms. The Morgan fingerprint density at radius 1 is 1.00 bits per heavy atom. The third-order valence-electron chi connectivity index (χ3n) is 4.99. The van der Waals surface area contributed by atoms with Crippen LogP contribution in [0.25, 0.3) is 11.4 Å². The molecule has 29 heavy (non-hydrogen) atoms. The Morgan fingerprint density at radius 2 is 1.69 bits per heavy atom. The largest absolute Gasteiger partial charge is 0.417 e. The number of ether oxygens (including phenoxy) is 2. The van der Waals surface area contributed by atoms with Crippen molar-refractivity contribution in [3.05, 3.63) is 23.7 Å². The number of alkyl halides is 3. The van der Waals surface area contributed by atoms with Gasteiger partial charge in [0, 0.05) is 38.4 Å². The van der Waals surface area contributed by atoms with Gasteiger partial charge in [0.1, 0.15) is 11.6 Å². The third kappa shape index (κ3) is 4.40. The summed E-state index contributed by atoms with van der Waals surface area (Å²) in [5.74, 6) is 0.562. The molecular formula is C18H21F3N6O2. The summed E-state index contributed by atoms with van der Waals surface area (Å²) < 4.78 is 51.6. The first kappa shape index (κ1) is 19.8. The molecule has 2 aliphatic rings. The van der Waals surface area contributed by atoms with Gasteiger partial charge in [-0.25, -0.2) is 9.97 Å². The Labute approximate surface area is 165 Å². The smallest absolute Gasteiger partial charge is 0.384 e. The number of pyridine rings is 1. The number of hydrogen-bond acceptors (Lipinski definition) is 8. The van der Waals surface area contributed by atoms with Crippen LogP contribution in [0.15, 0.2) is 12.3 Å². The number of nitrogen functional groups attached to an aromatic ring is 1. The van der Waals surface area contributed by atoms with Gasteiger partial charge >= 0.3 is 6.18 Å². The predicted octanol–water partition coefficient (Wildman–Crippen LogP) is 2.27. The molecule has 0 aromatic carbocycles. The highest BCUT2D eigenvalue weighted by molar-refractivity contribution is 5.63. The van der Waals surface area contributed by atoms with E-state index in [1.165, 1.54) is 0 Å². The van der Waals surface area contributed by atoms with E-state index < -0.39 is 11.7 Å². The second-order valence-corrected chi connectivity index (χ2v) is 6.96. The average Bonchev–Trinajstić information content (AvgIpc) is 2.74. The first-order valence-corrected chi connectivity index (χ1v) is 9.41. The number of halogens is 3. The normalized spacial score (nSPS) is 18.8. The van der Waals surface area contributed by atoms with E-state index in [1.54, 1.807) is 0 Å². The van der Waals surface area contributed by atoms with E-state index in [0.717, 1.165) is 12.3 Å². The van der Waals surface area contributed by atoms with Crippen LogP contribution in [0.5, 0.6) is 0 Å². The monoisotopic (exact) mass is 410 g/mol. The molecule has 0 amide bonds. The summed E-state index contributed by atoms with van der Waals surface area (Å²) in [6.45, 7) is 3.26. The standard InChI is InChI=1S/C18H21F3N6O2/c19-18(20,21)13-9-14(22)23-10-12(13)16-24-15(11-1-5-28-6-2-11)25-17(26-16)27-3-7-29-8-4-27/h9-11H,1-8H2,(H2,22,23). The molecule has 0 aliphatic carbocycles. The minimum absolute atomic E-state index is 0.00127. The molecule has 4 rings (SSSR count). The van der Waals surface area contributed by atoms with Crippen molar-refractivity contribution in [1.82, 2.24) is 19.9 Å². The van der Waals surface area contributed by atoms with Crippen LogP contribution in [0.1, 0.15) is 30.1 Å². The zero-order valence-electron chi connectivity index (χ0n) is 15.7. The molecular weight excluding hydrogens is 389 g/mol. The SMILES string of the molecule is Nc1cc(C(F)(F)F)c(-c2nc(C3CCOCC3)nc(N3CCOCC3)n2)cn1. The maximum Gasteiger partial charge on any atom is 0.417 e. The Balaban J connectivity index is 1.82. The number of anilines is 2. The lowest BCUT2D eigenvalue weighted by molar-refractivity contribution is -0.137. The molecule has 2 N–H and O–H groups in total. The highest BCUT2D eigenvalue weighted by Gasteiger charge is 2.36. The maximum absolute atomic E-state index is 13.6. The van der Waals surface area contributed by atoms with Gasteiger partial charge in [-0.15, -0.1) is 0 Å². The van der Waals surface area contributed by atoms with Crippen LogP contribution in [-0.2, 0) is 15.7 Å². The van der Waals surface area contributed by atoms with E-state index in [4.69, 9.17) is 15.2 Å². The highest BCUT2D eigenvalue weighted by atomic mass is 19.4. The van der Waals surface area contributed by atoms with Crippen molar-refractivity contribution in [3.63, 3.8) is 0 Å². The van der Waals surface area contributed by atoms with Crippen LogP contribution in [0.2, 0.25) is 0 Å². The van der Waals surface area contributed by atoms with Crippen molar-refractivity contribution in [2.24, 2.45) is 0 Å². The fourth-order valence-electron chi connectivity index (χ4n) is 3.43. The van der Waals surface area contributed by atoms with Gasteiger partial charge < -0.3 is 20.1 Å². The second-order valence-electron chi connectivity index (χ2n) is 6.96. The lowest BCUT2D eigenvalue weighted by Gasteiger charge is -2.28. The number of aromatic nitrogens is 4. The Morgan fingerprint density at radius 3 is 2.38 bits per heavy atom. The van der Waals surface area contributed by atoms with Crippen LogP contribution in [-0.4, -0.2) is 59.5 Å². The van der Waals surface area contributed by atoms with Crippen molar-refractivity contribution in [3.8, 4) is 11.4 Å². The number of nitrogens with two attached hydrogens (primary N) is 1. The second kappa shape index (κ2) is 8.07. The molecule has 0 unspecified atom stereocenters. The Kier molecular flexibility index (Phi) is 5.50. The first-order valence-electron chi connectivity index (χ1n) is 9.41. The molecule has 0 radical (unpaired) electrons. The molecule has 156 valence electrons. The van der Waals surface area contributed by atoms with Gasteiger partial charge in [0.25, 0.3) is 0 Å². The number of morpholine rings is 1. The van der Waals surface area contributed by atoms with E-state index in [2.05, 4.69) is 19.9 Å². The van der Waals surface area contributed by atoms with Crippen LogP contribution in [0.4, 0.5) is 24.9 Å². The molecule has 2 saturated heterocycles. The molecule has 0 spiro atoms. The molecule has 8 nitrogen and oxygen atoms in total. The summed E-state index contributed by atoms with van der Waals surface area (Å²) in [6.07, 6.45) is -2.13. The topological polar surface area (TPSA) is 99.3 Å². The maximum atomic E-state index is 13.6. The summed E-state index contributed by atoms with van der Waals surface area (Å²) in [5, 5.41) is 0. The Bertz CT molecular complexity index is 831. The summed E-state index contributed by atoms with van der Waals surface area (Å²) in [5.41, 5.74) is 4.37. The van der Waals surface area contributed by atoms with Gasteiger partial charge in [0.05, 0.1) is 24.3 Å². The molecule has 2 fully saturated rings. The van der Waals surface area contributed by atoms with Crippen LogP contribution < -0.4 is 10.6 Å². The summed E-state index contributed by atoms with van der Waals surface area (Å²) >= 11 is 0. The lowest BCUT2D eigenvalue weighted by atomic mass is 9.99. The zero-order valence-corrected chi connectivity index (χ0v) is 15.7. The van der Waals surface area contributed by atoms with Crippen LogP contribution in [0.3, 0.4) is 0 Å². The van der Waals surface area contributed by atoms with Gasteiger partial charge in [0.15, 0.2) is 5.82 Å². The number of rotatable bonds is 3. The van der Waals surface area contributed by atoms with Gasteiger partial charge in [-0.2, -0.15) is 23.1 Å². The van der Waals surface area contributed by atoms with Crippen LogP contribution in [0, 0.1) is 0 Å². The molecule has 2 aliphatic heterocycles. The van der Waals surface area contributed by atoms with Gasteiger partial charge in [-0.1, -0.05) is 0 Å². The molecule has 2 aromatic rings.